The van der Waals surface area contributed by atoms with Gasteiger partial charge in [-0.15, -0.1) is 0 Å². The van der Waals surface area contributed by atoms with Crippen molar-refractivity contribution >= 4 is 17.6 Å². The standard InChI is InChI=1S/C20H19N3O3/c1-14-8-9-16(20(25)26-2)10-18(14)22-19(24)17-11-21-23(13-17)12-15-6-4-3-5-7-15/h3-11,13H,12H2,1-2H3,(H,22,24). The van der Waals surface area contributed by atoms with E-state index in [9.17, 15) is 9.59 Å². The van der Waals surface area contributed by atoms with E-state index in [0.717, 1.165) is 11.1 Å². The predicted octanol–water partition coefficient (Wildman–Crippen LogP) is 3.28. The molecule has 0 unspecified atom stereocenters. The van der Waals surface area contributed by atoms with Crippen molar-refractivity contribution in [3.63, 3.8) is 0 Å². The first kappa shape index (κ1) is 17.4. The number of hydrogen-bond acceptors (Lipinski definition) is 4. The number of esters is 1. The number of anilines is 1. The van der Waals surface area contributed by atoms with Crippen molar-refractivity contribution in [1.29, 1.82) is 0 Å². The normalized spacial score (nSPS) is 10.4. The van der Waals surface area contributed by atoms with Gasteiger partial charge in [0.2, 0.25) is 0 Å². The van der Waals surface area contributed by atoms with Crippen LogP contribution in [0.3, 0.4) is 0 Å². The highest BCUT2D eigenvalue weighted by Gasteiger charge is 2.13. The molecule has 0 bridgehead atoms. The lowest BCUT2D eigenvalue weighted by Crippen LogP contribution is -2.13. The van der Waals surface area contributed by atoms with Crippen molar-refractivity contribution in [2.75, 3.05) is 12.4 Å². The topological polar surface area (TPSA) is 73.2 Å². The van der Waals surface area contributed by atoms with E-state index in [4.69, 9.17) is 4.74 Å². The van der Waals surface area contributed by atoms with Crippen LogP contribution >= 0.6 is 0 Å². The molecule has 0 fully saturated rings. The van der Waals surface area contributed by atoms with Gasteiger partial charge in [0.05, 0.1) is 31.0 Å². The molecule has 6 heteroatoms. The van der Waals surface area contributed by atoms with Crippen LogP contribution in [-0.2, 0) is 11.3 Å². The van der Waals surface area contributed by atoms with Gasteiger partial charge in [-0.2, -0.15) is 5.10 Å². The Labute approximate surface area is 151 Å². The number of hydrogen-bond donors (Lipinski definition) is 1. The highest BCUT2D eigenvalue weighted by atomic mass is 16.5. The van der Waals surface area contributed by atoms with E-state index in [1.807, 2.05) is 37.3 Å². The zero-order valence-electron chi connectivity index (χ0n) is 14.6. The number of benzene rings is 2. The van der Waals surface area contributed by atoms with Gasteiger partial charge in [-0.25, -0.2) is 4.79 Å². The largest absolute Gasteiger partial charge is 0.465 e. The zero-order valence-corrected chi connectivity index (χ0v) is 14.6. The van der Waals surface area contributed by atoms with Crippen LogP contribution in [0.4, 0.5) is 5.69 Å². The van der Waals surface area contributed by atoms with E-state index >= 15 is 0 Å². The molecule has 0 atom stereocenters. The van der Waals surface area contributed by atoms with Crippen molar-refractivity contribution in [3.05, 3.63) is 83.2 Å². The monoisotopic (exact) mass is 349 g/mol. The van der Waals surface area contributed by atoms with Gasteiger partial charge >= 0.3 is 5.97 Å². The van der Waals surface area contributed by atoms with E-state index in [0.29, 0.717) is 23.4 Å². The van der Waals surface area contributed by atoms with Gasteiger partial charge in [-0.1, -0.05) is 36.4 Å². The molecule has 0 aliphatic heterocycles. The molecule has 1 N–H and O–H groups in total. The Hall–Kier alpha value is -3.41. The van der Waals surface area contributed by atoms with Crippen LogP contribution < -0.4 is 5.32 Å². The fourth-order valence-corrected chi connectivity index (χ4v) is 2.53. The number of nitrogens with one attached hydrogen (secondary N) is 1. The molecular weight excluding hydrogens is 330 g/mol. The second kappa shape index (κ2) is 7.65. The van der Waals surface area contributed by atoms with E-state index in [-0.39, 0.29) is 5.91 Å². The predicted molar refractivity (Wildman–Crippen MR) is 98.2 cm³/mol. The number of rotatable bonds is 5. The smallest absolute Gasteiger partial charge is 0.337 e. The molecule has 0 spiro atoms. The minimum Gasteiger partial charge on any atom is -0.465 e. The van der Waals surface area contributed by atoms with Crippen LogP contribution in [0.1, 0.15) is 31.8 Å². The second-order valence-electron chi connectivity index (χ2n) is 5.89. The summed E-state index contributed by atoms with van der Waals surface area (Å²) in [4.78, 5) is 24.2. The van der Waals surface area contributed by atoms with Gasteiger partial charge in [-0.3, -0.25) is 9.48 Å². The Morgan fingerprint density at radius 3 is 2.62 bits per heavy atom. The summed E-state index contributed by atoms with van der Waals surface area (Å²) in [6.45, 7) is 2.44. The van der Waals surface area contributed by atoms with Crippen LogP contribution in [0.2, 0.25) is 0 Å². The van der Waals surface area contributed by atoms with Gasteiger partial charge < -0.3 is 10.1 Å². The van der Waals surface area contributed by atoms with E-state index in [2.05, 4.69) is 10.4 Å². The minimum absolute atomic E-state index is 0.283. The molecule has 3 rings (SSSR count). The lowest BCUT2D eigenvalue weighted by atomic mass is 10.1. The van der Waals surface area contributed by atoms with E-state index in [1.165, 1.54) is 13.3 Å². The highest BCUT2D eigenvalue weighted by molar-refractivity contribution is 6.05. The number of carbonyl (C=O) groups excluding carboxylic acids is 2. The number of carbonyl (C=O) groups is 2. The van der Waals surface area contributed by atoms with Crippen molar-refractivity contribution < 1.29 is 14.3 Å². The summed E-state index contributed by atoms with van der Waals surface area (Å²) >= 11 is 0. The quantitative estimate of drug-likeness (QED) is 0.718. The number of aromatic nitrogens is 2. The Morgan fingerprint density at radius 2 is 1.88 bits per heavy atom. The molecule has 0 aliphatic rings. The van der Waals surface area contributed by atoms with Gasteiger partial charge in [-0.05, 0) is 30.2 Å². The molecule has 3 aromatic rings. The maximum absolute atomic E-state index is 12.5. The molecule has 0 aliphatic carbocycles. The summed E-state index contributed by atoms with van der Waals surface area (Å²) in [6.07, 6.45) is 3.22. The third-order valence-corrected chi connectivity index (χ3v) is 3.99. The van der Waals surface area contributed by atoms with Gasteiger partial charge in [0.25, 0.3) is 5.91 Å². The van der Waals surface area contributed by atoms with Crippen LogP contribution in [0, 0.1) is 6.92 Å². The Kier molecular flexibility index (Phi) is 5.12. The van der Waals surface area contributed by atoms with Crippen molar-refractivity contribution in [1.82, 2.24) is 9.78 Å². The van der Waals surface area contributed by atoms with Crippen LogP contribution in [0.25, 0.3) is 0 Å². The summed E-state index contributed by atoms with van der Waals surface area (Å²) < 4.78 is 6.43. The van der Waals surface area contributed by atoms with E-state index in [1.54, 1.807) is 29.1 Å². The summed E-state index contributed by atoms with van der Waals surface area (Å²) in [5.41, 5.74) is 3.34. The van der Waals surface area contributed by atoms with Crippen molar-refractivity contribution in [2.45, 2.75) is 13.5 Å². The Bertz CT molecular complexity index is 932. The number of amides is 1. The molecule has 0 saturated carbocycles. The molecule has 1 amide bonds. The zero-order chi connectivity index (χ0) is 18.5. The third-order valence-electron chi connectivity index (χ3n) is 3.99. The Balaban J connectivity index is 1.74. The molecule has 26 heavy (non-hydrogen) atoms. The average molecular weight is 349 g/mol. The maximum atomic E-state index is 12.5. The minimum atomic E-state index is -0.448. The molecule has 0 saturated heterocycles. The van der Waals surface area contributed by atoms with Crippen molar-refractivity contribution in [3.8, 4) is 0 Å². The van der Waals surface area contributed by atoms with Gasteiger partial charge in [0, 0.05) is 11.9 Å². The molecule has 0 radical (unpaired) electrons. The van der Waals surface area contributed by atoms with Crippen LogP contribution in [0.15, 0.2) is 60.9 Å². The highest BCUT2D eigenvalue weighted by Crippen LogP contribution is 2.18. The number of aryl methyl sites for hydroxylation is 1. The van der Waals surface area contributed by atoms with Gasteiger partial charge in [0.15, 0.2) is 0 Å². The SMILES string of the molecule is COC(=O)c1ccc(C)c(NC(=O)c2cnn(Cc3ccccc3)c2)c1. The molecule has 1 heterocycles. The maximum Gasteiger partial charge on any atom is 0.337 e. The molecule has 2 aromatic carbocycles. The fraction of sp³-hybridized carbons (Fsp3) is 0.150. The third kappa shape index (κ3) is 3.97. The molecule has 6 nitrogen and oxygen atoms in total. The summed E-state index contributed by atoms with van der Waals surface area (Å²) in [5.74, 6) is -0.731. The molecule has 1 aromatic heterocycles. The fourth-order valence-electron chi connectivity index (χ4n) is 2.53. The summed E-state index contributed by atoms with van der Waals surface area (Å²) in [6, 6.07) is 14.9. The van der Waals surface area contributed by atoms with Crippen LogP contribution in [-0.4, -0.2) is 28.8 Å². The first-order valence-corrected chi connectivity index (χ1v) is 8.13. The average Bonchev–Trinajstić information content (AvgIpc) is 3.12. The van der Waals surface area contributed by atoms with Crippen molar-refractivity contribution in [2.24, 2.45) is 0 Å². The summed E-state index contributed by atoms with van der Waals surface area (Å²) in [5, 5.41) is 7.06. The number of methoxy groups -OCH3 is 1. The van der Waals surface area contributed by atoms with Gasteiger partial charge in [0.1, 0.15) is 0 Å². The first-order valence-electron chi connectivity index (χ1n) is 8.13. The Morgan fingerprint density at radius 1 is 1.12 bits per heavy atom. The number of ether oxygens (including phenoxy) is 1. The molecule has 132 valence electrons. The number of nitrogens with zero attached hydrogens (tertiary/aromatic N) is 2. The molecular formula is C20H19N3O3. The van der Waals surface area contributed by atoms with E-state index < -0.39 is 5.97 Å². The summed E-state index contributed by atoms with van der Waals surface area (Å²) in [7, 11) is 1.32. The lowest BCUT2D eigenvalue weighted by molar-refractivity contribution is 0.0600. The van der Waals surface area contributed by atoms with Crippen LogP contribution in [0.5, 0.6) is 0 Å². The first-order chi connectivity index (χ1) is 12.6. The lowest BCUT2D eigenvalue weighted by Gasteiger charge is -2.09. The second-order valence-corrected chi connectivity index (χ2v) is 5.89.